The third-order valence-electron chi connectivity index (χ3n) is 3.86. The Hall–Kier alpha value is -1.73. The molecule has 0 bridgehead atoms. The predicted octanol–water partition coefficient (Wildman–Crippen LogP) is 3.51. The Morgan fingerprint density at radius 2 is 2.22 bits per heavy atom. The average molecular weight is 350 g/mol. The van der Waals surface area contributed by atoms with Crippen molar-refractivity contribution in [2.75, 3.05) is 6.54 Å². The van der Waals surface area contributed by atoms with Crippen molar-refractivity contribution in [2.24, 2.45) is 5.92 Å². The van der Waals surface area contributed by atoms with E-state index in [1.807, 2.05) is 24.4 Å². The Morgan fingerprint density at radius 3 is 2.78 bits per heavy atom. The summed E-state index contributed by atoms with van der Waals surface area (Å²) in [5, 5.41) is 12.0. The number of thiazole rings is 1. The molecule has 0 spiro atoms. The summed E-state index contributed by atoms with van der Waals surface area (Å²) in [6, 6.07) is 4.13. The first-order valence-electron chi connectivity index (χ1n) is 7.52. The van der Waals surface area contributed by atoms with Crippen LogP contribution in [0.5, 0.6) is 0 Å². The summed E-state index contributed by atoms with van der Waals surface area (Å²) in [4.78, 5) is 31.9. The van der Waals surface area contributed by atoms with Gasteiger partial charge in [0, 0.05) is 12.6 Å². The third-order valence-corrected chi connectivity index (χ3v) is 6.05. The van der Waals surface area contributed by atoms with Crippen molar-refractivity contribution in [3.63, 3.8) is 0 Å². The maximum Gasteiger partial charge on any atom is 0.308 e. The van der Waals surface area contributed by atoms with E-state index in [1.54, 1.807) is 23.2 Å². The van der Waals surface area contributed by atoms with Gasteiger partial charge < -0.3 is 10.0 Å². The average Bonchev–Trinajstić information content (AvgIpc) is 3.05. The summed E-state index contributed by atoms with van der Waals surface area (Å²) < 4.78 is 0. The topological polar surface area (TPSA) is 70.5 Å². The van der Waals surface area contributed by atoms with Crippen LogP contribution in [0, 0.1) is 12.8 Å². The van der Waals surface area contributed by atoms with Crippen molar-refractivity contribution in [1.29, 1.82) is 0 Å². The van der Waals surface area contributed by atoms with E-state index in [-0.39, 0.29) is 18.5 Å². The fourth-order valence-electron chi connectivity index (χ4n) is 2.39. The number of amides is 1. The molecule has 7 heteroatoms. The third kappa shape index (κ3) is 3.45. The quantitative estimate of drug-likeness (QED) is 0.865. The van der Waals surface area contributed by atoms with E-state index in [4.69, 9.17) is 5.11 Å². The lowest BCUT2D eigenvalue weighted by molar-refractivity contribution is -0.141. The SMILES string of the molecule is Cc1nc(-c2cccs2)sc1C(=O)N(CC(C)C(=O)O)C1CC1. The molecule has 1 amide bonds. The molecule has 2 heterocycles. The van der Waals surface area contributed by atoms with Crippen LogP contribution in [-0.4, -0.2) is 39.5 Å². The van der Waals surface area contributed by atoms with Gasteiger partial charge in [0.2, 0.25) is 0 Å². The van der Waals surface area contributed by atoms with Crippen LogP contribution < -0.4 is 0 Å². The van der Waals surface area contributed by atoms with Crippen LogP contribution in [0.3, 0.4) is 0 Å². The van der Waals surface area contributed by atoms with Crippen molar-refractivity contribution in [3.05, 3.63) is 28.1 Å². The molecule has 5 nitrogen and oxygen atoms in total. The number of hydrogen-bond acceptors (Lipinski definition) is 5. The molecule has 0 aromatic carbocycles. The number of carbonyl (C=O) groups excluding carboxylic acids is 1. The molecular formula is C16H18N2O3S2. The smallest absolute Gasteiger partial charge is 0.308 e. The highest BCUT2D eigenvalue weighted by Gasteiger charge is 2.36. The fourth-order valence-corrected chi connectivity index (χ4v) is 4.21. The zero-order valence-corrected chi connectivity index (χ0v) is 14.6. The van der Waals surface area contributed by atoms with Gasteiger partial charge in [-0.05, 0) is 31.2 Å². The van der Waals surface area contributed by atoms with Gasteiger partial charge in [-0.15, -0.1) is 22.7 Å². The number of carbonyl (C=O) groups is 2. The molecule has 1 aliphatic carbocycles. The van der Waals surface area contributed by atoms with Gasteiger partial charge in [0.1, 0.15) is 9.88 Å². The first-order chi connectivity index (χ1) is 11.0. The number of rotatable bonds is 6. The van der Waals surface area contributed by atoms with Crippen LogP contribution in [0.4, 0.5) is 0 Å². The summed E-state index contributed by atoms with van der Waals surface area (Å²) in [6.45, 7) is 3.73. The van der Waals surface area contributed by atoms with E-state index in [2.05, 4.69) is 4.98 Å². The molecule has 1 unspecified atom stereocenters. The van der Waals surface area contributed by atoms with Crippen molar-refractivity contribution in [3.8, 4) is 9.88 Å². The second-order valence-corrected chi connectivity index (χ2v) is 7.79. The summed E-state index contributed by atoms with van der Waals surface area (Å²) in [6.07, 6.45) is 1.90. The molecule has 0 saturated heterocycles. The zero-order valence-electron chi connectivity index (χ0n) is 13.0. The molecule has 3 rings (SSSR count). The second-order valence-electron chi connectivity index (χ2n) is 5.84. The number of aliphatic carboxylic acids is 1. The van der Waals surface area contributed by atoms with Crippen molar-refractivity contribution in [2.45, 2.75) is 32.7 Å². The van der Waals surface area contributed by atoms with E-state index in [0.717, 1.165) is 28.4 Å². The molecule has 1 fully saturated rings. The standard InChI is InChI=1S/C16H18N2O3S2/c1-9(16(20)21)8-18(11-5-6-11)15(19)13-10(2)17-14(23-13)12-4-3-7-22-12/h3-4,7,9,11H,5-6,8H2,1-2H3,(H,20,21). The van der Waals surface area contributed by atoms with E-state index < -0.39 is 11.9 Å². The Bertz CT molecular complexity index is 720. The molecule has 1 saturated carbocycles. The van der Waals surface area contributed by atoms with Crippen LogP contribution in [0.15, 0.2) is 17.5 Å². The Kier molecular flexibility index (Phi) is 4.50. The van der Waals surface area contributed by atoms with Crippen molar-refractivity contribution >= 4 is 34.6 Å². The highest BCUT2D eigenvalue weighted by atomic mass is 32.1. The molecule has 0 radical (unpaired) electrons. The number of aromatic nitrogens is 1. The fraction of sp³-hybridized carbons (Fsp3) is 0.438. The minimum absolute atomic E-state index is 0.0848. The lowest BCUT2D eigenvalue weighted by atomic mass is 10.1. The number of aryl methyl sites for hydroxylation is 1. The maximum absolute atomic E-state index is 12.9. The Balaban J connectivity index is 1.84. The van der Waals surface area contributed by atoms with Gasteiger partial charge >= 0.3 is 5.97 Å². The summed E-state index contributed by atoms with van der Waals surface area (Å²) in [5.74, 6) is -1.52. The second kappa shape index (κ2) is 6.41. The minimum Gasteiger partial charge on any atom is -0.481 e. The lowest BCUT2D eigenvalue weighted by Gasteiger charge is -2.23. The number of carboxylic acid groups (broad SMARTS) is 1. The maximum atomic E-state index is 12.9. The molecule has 1 atom stereocenters. The largest absolute Gasteiger partial charge is 0.481 e. The van der Waals surface area contributed by atoms with Crippen LogP contribution in [-0.2, 0) is 4.79 Å². The monoisotopic (exact) mass is 350 g/mol. The first kappa shape index (κ1) is 16.1. The molecule has 2 aromatic rings. The lowest BCUT2D eigenvalue weighted by Crippen LogP contribution is -2.38. The number of carboxylic acids is 1. The molecule has 0 aliphatic heterocycles. The molecule has 2 aromatic heterocycles. The van der Waals surface area contributed by atoms with E-state index >= 15 is 0 Å². The zero-order chi connectivity index (χ0) is 16.6. The summed E-state index contributed by atoms with van der Waals surface area (Å²) in [5.41, 5.74) is 0.719. The Morgan fingerprint density at radius 1 is 1.48 bits per heavy atom. The van der Waals surface area contributed by atoms with Gasteiger partial charge in [-0.25, -0.2) is 4.98 Å². The minimum atomic E-state index is -0.872. The molecule has 23 heavy (non-hydrogen) atoms. The van der Waals surface area contributed by atoms with Crippen molar-refractivity contribution in [1.82, 2.24) is 9.88 Å². The van der Waals surface area contributed by atoms with Gasteiger partial charge in [-0.1, -0.05) is 13.0 Å². The van der Waals surface area contributed by atoms with E-state index in [9.17, 15) is 9.59 Å². The van der Waals surface area contributed by atoms with E-state index in [0.29, 0.717) is 4.88 Å². The Labute approximate surface area is 142 Å². The van der Waals surface area contributed by atoms with Crippen LogP contribution in [0.1, 0.15) is 35.1 Å². The summed E-state index contributed by atoms with van der Waals surface area (Å²) in [7, 11) is 0. The number of hydrogen-bond donors (Lipinski definition) is 1. The van der Waals surface area contributed by atoms with Gasteiger partial charge in [0.15, 0.2) is 0 Å². The van der Waals surface area contributed by atoms with Crippen LogP contribution in [0.2, 0.25) is 0 Å². The first-order valence-corrected chi connectivity index (χ1v) is 9.22. The van der Waals surface area contributed by atoms with Crippen LogP contribution in [0.25, 0.3) is 9.88 Å². The highest BCUT2D eigenvalue weighted by molar-refractivity contribution is 7.22. The van der Waals surface area contributed by atoms with Gasteiger partial charge in [-0.2, -0.15) is 0 Å². The number of nitrogens with zero attached hydrogens (tertiary/aromatic N) is 2. The van der Waals surface area contributed by atoms with Gasteiger partial charge in [0.25, 0.3) is 5.91 Å². The van der Waals surface area contributed by atoms with Crippen molar-refractivity contribution < 1.29 is 14.7 Å². The van der Waals surface area contributed by atoms with Gasteiger partial charge in [0.05, 0.1) is 16.5 Å². The van der Waals surface area contributed by atoms with Crippen LogP contribution >= 0.6 is 22.7 Å². The molecule has 1 aliphatic rings. The normalized spacial score (nSPS) is 15.4. The molecule has 122 valence electrons. The number of thiophene rings is 1. The predicted molar refractivity (Wildman–Crippen MR) is 91.0 cm³/mol. The van der Waals surface area contributed by atoms with E-state index in [1.165, 1.54) is 11.3 Å². The highest BCUT2D eigenvalue weighted by Crippen LogP contribution is 2.34. The van der Waals surface area contributed by atoms with Gasteiger partial charge in [-0.3, -0.25) is 9.59 Å². The molecular weight excluding hydrogens is 332 g/mol. The summed E-state index contributed by atoms with van der Waals surface area (Å²) >= 11 is 2.99. The molecule has 1 N–H and O–H groups in total.